The van der Waals surface area contributed by atoms with E-state index >= 15 is 9.59 Å². The quantitative estimate of drug-likeness (QED) is 0.0559. The Hall–Kier alpha value is -6.10. The standard InChI is InChI=1S/C62H80F2N4O14/c1-3-35-75-51-19-11-45(12-20-51)57(59(71)67(41-43-7-15-47(63)16-8-43)49-23-29-65(30-24-49)33-27-53-77-37-5-38-78-53)81-61(73)55(69)56(70)62(74)82-58(46-13-21-52(22-14-46)76-36-4-2)60(72)68(42-44-9-17-48(64)18-10-44)50-25-31-66(32-26-50)34-28-54-79-39-6-40-80-54/h7-22,49-50,53-58,69-70H,3-6,23-42H2,1-2H3. The van der Waals surface area contributed by atoms with Gasteiger partial charge in [-0.3, -0.25) is 9.59 Å². The number of likely N-dealkylation sites (tertiary alicyclic amines) is 2. The van der Waals surface area contributed by atoms with Crippen molar-refractivity contribution in [2.24, 2.45) is 0 Å². The first-order chi connectivity index (χ1) is 39.8. The van der Waals surface area contributed by atoms with E-state index in [0.29, 0.717) is 127 Å². The number of aliphatic hydroxyl groups excluding tert-OH is 2. The SMILES string of the molecule is CCCOc1ccc(C(OC(=O)C(O)C(O)C(=O)OC(C(=O)N(Cc2ccc(F)cc2)C2CCN(CCC3OCCCO3)CC2)c2ccc(OCCC)cc2)C(=O)N(Cc2ccc(F)cc2)C2CCN(CCC3OCCCO3)CC2)cc1. The van der Waals surface area contributed by atoms with Crippen molar-refractivity contribution in [1.82, 2.24) is 19.6 Å². The Bertz CT molecular complexity index is 2410. The monoisotopic (exact) mass is 1140 g/mol. The van der Waals surface area contributed by atoms with Crippen LogP contribution in [-0.4, -0.2) is 169 Å². The van der Waals surface area contributed by atoms with Crippen LogP contribution in [0.5, 0.6) is 11.5 Å². The molecular formula is C62H80F2N4O14. The second-order valence-corrected chi connectivity index (χ2v) is 21.3. The van der Waals surface area contributed by atoms with E-state index in [1.807, 2.05) is 13.8 Å². The zero-order valence-corrected chi connectivity index (χ0v) is 47.2. The molecule has 0 radical (unpaired) electrons. The lowest BCUT2D eigenvalue weighted by molar-refractivity contribution is -0.185. The molecule has 4 saturated heterocycles. The van der Waals surface area contributed by atoms with Gasteiger partial charge in [0, 0.05) is 88.4 Å². The molecule has 82 heavy (non-hydrogen) atoms. The molecule has 20 heteroatoms. The van der Waals surface area contributed by atoms with Crippen LogP contribution in [0.3, 0.4) is 0 Å². The van der Waals surface area contributed by atoms with Crippen LogP contribution in [-0.2, 0) is 60.7 Å². The number of carbonyl (C=O) groups is 4. The molecule has 4 heterocycles. The van der Waals surface area contributed by atoms with Crippen molar-refractivity contribution < 1.29 is 76.1 Å². The van der Waals surface area contributed by atoms with E-state index in [0.717, 1.165) is 38.8 Å². The zero-order chi connectivity index (χ0) is 57.8. The van der Waals surface area contributed by atoms with Crippen molar-refractivity contribution in [2.45, 2.75) is 140 Å². The van der Waals surface area contributed by atoms with Gasteiger partial charge in [-0.2, -0.15) is 0 Å². The number of esters is 2. The Morgan fingerprint density at radius 2 is 0.878 bits per heavy atom. The third-order valence-corrected chi connectivity index (χ3v) is 15.3. The van der Waals surface area contributed by atoms with E-state index < -0.39 is 59.8 Å². The normalized spacial score (nSPS) is 18.7. The number of aliphatic hydroxyl groups is 2. The number of piperidine rings is 2. The summed E-state index contributed by atoms with van der Waals surface area (Å²) in [5.74, 6) is -4.31. The van der Waals surface area contributed by atoms with E-state index in [9.17, 15) is 28.6 Å². The minimum Gasteiger partial charge on any atom is -0.494 e. The minimum atomic E-state index is -2.61. The molecule has 8 rings (SSSR count). The second-order valence-electron chi connectivity index (χ2n) is 21.3. The predicted octanol–water partition coefficient (Wildman–Crippen LogP) is 7.43. The Kier molecular flexibility index (Phi) is 23.8. The van der Waals surface area contributed by atoms with Gasteiger partial charge in [0.05, 0.1) is 39.6 Å². The van der Waals surface area contributed by atoms with Gasteiger partial charge in [-0.25, -0.2) is 18.4 Å². The number of hydrogen-bond acceptors (Lipinski definition) is 16. The smallest absolute Gasteiger partial charge is 0.339 e. The number of carbonyl (C=O) groups excluding carboxylic acids is 4. The second kappa shape index (κ2) is 31.5. The first kappa shape index (κ1) is 62.0. The summed E-state index contributed by atoms with van der Waals surface area (Å²) in [4.78, 5) is 66.8. The maximum absolute atomic E-state index is 15.2. The van der Waals surface area contributed by atoms with Gasteiger partial charge in [0.25, 0.3) is 11.8 Å². The molecule has 0 saturated carbocycles. The highest BCUT2D eigenvalue weighted by atomic mass is 19.1. The Morgan fingerprint density at radius 1 is 0.537 bits per heavy atom. The van der Waals surface area contributed by atoms with Gasteiger partial charge >= 0.3 is 11.9 Å². The number of halogens is 2. The molecule has 446 valence electrons. The molecule has 2 N–H and O–H groups in total. The summed E-state index contributed by atoms with van der Waals surface area (Å²) in [6.07, 6.45) is -2.51. The molecule has 4 aliphatic heterocycles. The molecule has 0 spiro atoms. The number of benzene rings is 4. The lowest BCUT2D eigenvalue weighted by atomic mass is 9.99. The van der Waals surface area contributed by atoms with E-state index in [-0.39, 0.29) is 48.9 Å². The molecule has 4 fully saturated rings. The van der Waals surface area contributed by atoms with Crippen LogP contribution >= 0.6 is 0 Å². The highest BCUT2D eigenvalue weighted by Crippen LogP contribution is 2.32. The minimum absolute atomic E-state index is 0.0144. The average molecular weight is 1140 g/mol. The van der Waals surface area contributed by atoms with Crippen LogP contribution in [0.2, 0.25) is 0 Å². The molecular weight excluding hydrogens is 1060 g/mol. The van der Waals surface area contributed by atoms with Gasteiger partial charge < -0.3 is 67.7 Å². The molecule has 0 aromatic heterocycles. The maximum atomic E-state index is 15.2. The van der Waals surface area contributed by atoms with Gasteiger partial charge in [0.2, 0.25) is 12.2 Å². The summed E-state index contributed by atoms with van der Waals surface area (Å²) < 4.78 is 75.0. The predicted molar refractivity (Wildman–Crippen MR) is 297 cm³/mol. The Morgan fingerprint density at radius 3 is 1.21 bits per heavy atom. The van der Waals surface area contributed by atoms with Crippen LogP contribution in [0.4, 0.5) is 8.78 Å². The summed E-state index contributed by atoms with van der Waals surface area (Å²) in [5.41, 5.74) is 1.63. The van der Waals surface area contributed by atoms with Crippen LogP contribution in [0, 0.1) is 11.6 Å². The number of rotatable bonds is 27. The zero-order valence-electron chi connectivity index (χ0n) is 47.2. The van der Waals surface area contributed by atoms with Crippen LogP contribution in [0.1, 0.15) is 113 Å². The number of hydrogen-bond donors (Lipinski definition) is 2. The number of nitrogens with zero attached hydrogens (tertiary/aromatic N) is 4. The lowest BCUT2D eigenvalue weighted by Crippen LogP contribution is -2.50. The van der Waals surface area contributed by atoms with Crippen molar-refractivity contribution in [3.8, 4) is 11.5 Å². The fourth-order valence-corrected chi connectivity index (χ4v) is 10.6. The number of ether oxygens (including phenoxy) is 8. The van der Waals surface area contributed by atoms with E-state index in [1.165, 1.54) is 24.3 Å². The summed E-state index contributed by atoms with van der Waals surface area (Å²) >= 11 is 0. The topological polar surface area (TPSA) is 196 Å². The van der Waals surface area contributed by atoms with Crippen LogP contribution in [0.25, 0.3) is 0 Å². The average Bonchev–Trinajstić information content (AvgIpc) is 3.72. The van der Waals surface area contributed by atoms with Gasteiger partial charge in [-0.1, -0.05) is 62.4 Å². The van der Waals surface area contributed by atoms with Crippen molar-refractivity contribution in [2.75, 3.05) is 78.9 Å². The summed E-state index contributed by atoms with van der Waals surface area (Å²) in [6.45, 7) is 11.3. The number of amides is 2. The highest BCUT2D eigenvalue weighted by molar-refractivity contribution is 5.91. The molecule has 4 aliphatic rings. The molecule has 4 unspecified atom stereocenters. The van der Waals surface area contributed by atoms with Gasteiger partial charge in [0.15, 0.2) is 24.8 Å². The highest BCUT2D eigenvalue weighted by Gasteiger charge is 2.42. The van der Waals surface area contributed by atoms with E-state index in [2.05, 4.69) is 9.80 Å². The van der Waals surface area contributed by atoms with Gasteiger partial charge in [-0.05, 0) is 111 Å². The van der Waals surface area contributed by atoms with Gasteiger partial charge in [-0.15, -0.1) is 0 Å². The maximum Gasteiger partial charge on any atom is 0.339 e. The fourth-order valence-electron chi connectivity index (χ4n) is 10.6. The van der Waals surface area contributed by atoms with E-state index in [1.54, 1.807) is 82.6 Å². The molecule has 18 nitrogen and oxygen atoms in total. The van der Waals surface area contributed by atoms with Crippen molar-refractivity contribution in [1.29, 1.82) is 0 Å². The molecule has 4 aromatic carbocycles. The van der Waals surface area contributed by atoms with Gasteiger partial charge in [0.1, 0.15) is 23.1 Å². The third kappa shape index (κ3) is 18.0. The Labute approximate surface area is 479 Å². The summed E-state index contributed by atoms with van der Waals surface area (Å²) in [7, 11) is 0. The first-order valence-electron chi connectivity index (χ1n) is 29.1. The molecule has 4 atom stereocenters. The van der Waals surface area contributed by atoms with Crippen molar-refractivity contribution in [3.63, 3.8) is 0 Å². The molecule has 0 aliphatic carbocycles. The Balaban J connectivity index is 1.02. The van der Waals surface area contributed by atoms with Crippen molar-refractivity contribution >= 4 is 23.8 Å². The van der Waals surface area contributed by atoms with Crippen LogP contribution in [0.15, 0.2) is 97.1 Å². The fraction of sp³-hybridized carbons (Fsp3) is 0.548. The lowest BCUT2D eigenvalue weighted by Gasteiger charge is -2.40. The largest absolute Gasteiger partial charge is 0.494 e. The third-order valence-electron chi connectivity index (χ3n) is 15.3. The summed E-state index contributed by atoms with van der Waals surface area (Å²) in [5, 5.41) is 23.3. The van der Waals surface area contributed by atoms with E-state index in [4.69, 9.17) is 37.9 Å². The molecule has 2 amide bonds. The van der Waals surface area contributed by atoms with Crippen LogP contribution < -0.4 is 9.47 Å². The first-order valence-corrected chi connectivity index (χ1v) is 29.1. The summed E-state index contributed by atoms with van der Waals surface area (Å²) in [6, 6.07) is 23.5. The molecule has 0 bridgehead atoms. The molecule has 4 aromatic rings. The van der Waals surface area contributed by atoms with Crippen molar-refractivity contribution in [3.05, 3.63) is 131 Å².